The van der Waals surface area contributed by atoms with E-state index in [1.54, 1.807) is 0 Å². The summed E-state index contributed by atoms with van der Waals surface area (Å²) in [4.78, 5) is 24.1. The smallest absolute Gasteiger partial charge is 0.394 e. The summed E-state index contributed by atoms with van der Waals surface area (Å²) in [5.74, 6) is -5.43. The van der Waals surface area contributed by atoms with Crippen molar-refractivity contribution in [2.24, 2.45) is 11.8 Å². The van der Waals surface area contributed by atoms with E-state index in [1.807, 2.05) is 6.08 Å². The lowest BCUT2D eigenvalue weighted by Gasteiger charge is -2.19. The van der Waals surface area contributed by atoms with Gasteiger partial charge in [-0.05, 0) is 25.7 Å². The number of hydrogen-bond donors (Lipinski definition) is 1. The van der Waals surface area contributed by atoms with E-state index < -0.39 is 36.4 Å². The fourth-order valence-corrected chi connectivity index (χ4v) is 2.96. The van der Waals surface area contributed by atoms with Crippen LogP contribution < -0.4 is 0 Å². The van der Waals surface area contributed by atoms with Crippen LogP contribution in [0.1, 0.15) is 32.1 Å². The molecule has 1 heterocycles. The maximum absolute atomic E-state index is 12.9. The van der Waals surface area contributed by atoms with Crippen LogP contribution in [0.25, 0.3) is 0 Å². The van der Waals surface area contributed by atoms with Crippen molar-refractivity contribution in [1.82, 2.24) is 4.90 Å². The van der Waals surface area contributed by atoms with Gasteiger partial charge in [0.25, 0.3) is 0 Å². The topological polar surface area (TPSA) is 57.6 Å². The summed E-state index contributed by atoms with van der Waals surface area (Å²) in [6.45, 7) is -0.905. The van der Waals surface area contributed by atoms with Crippen LogP contribution in [0.3, 0.4) is 0 Å². The number of halogens is 3. The molecule has 0 saturated carbocycles. The molecule has 1 aliphatic carbocycles. The van der Waals surface area contributed by atoms with Crippen molar-refractivity contribution < 1.29 is 27.9 Å². The van der Waals surface area contributed by atoms with E-state index in [-0.39, 0.29) is 13.0 Å². The van der Waals surface area contributed by atoms with Crippen LogP contribution >= 0.6 is 0 Å². The first-order valence-electron chi connectivity index (χ1n) is 7.04. The molecule has 7 heteroatoms. The zero-order valence-electron chi connectivity index (χ0n) is 11.5. The van der Waals surface area contributed by atoms with Gasteiger partial charge in [-0.15, -0.1) is 0 Å². The van der Waals surface area contributed by atoms with Gasteiger partial charge in [-0.3, -0.25) is 9.59 Å². The maximum atomic E-state index is 12.9. The summed E-state index contributed by atoms with van der Waals surface area (Å²) in [6.07, 6.45) is 1.23. The van der Waals surface area contributed by atoms with E-state index >= 15 is 0 Å². The Morgan fingerprint density at radius 1 is 1.29 bits per heavy atom. The second-order valence-corrected chi connectivity index (χ2v) is 5.68. The summed E-state index contributed by atoms with van der Waals surface area (Å²) >= 11 is 0. The molecule has 1 saturated heterocycles. The standard InChI is InChI=1S/C14H18F3NO3/c15-14(16,17)11-8-18(7-10(11)13(20)21)12(19)6-9-4-2-1-3-5-9/h4,10-11H,1-3,5-8H2,(H,20,21)/t10-,11-/m1/s1. The van der Waals surface area contributed by atoms with Crippen molar-refractivity contribution in [3.63, 3.8) is 0 Å². The maximum Gasteiger partial charge on any atom is 0.394 e. The molecule has 0 spiro atoms. The van der Waals surface area contributed by atoms with E-state index in [9.17, 15) is 22.8 Å². The van der Waals surface area contributed by atoms with Crippen LogP contribution in [0.5, 0.6) is 0 Å². The molecule has 4 nitrogen and oxygen atoms in total. The highest BCUT2D eigenvalue weighted by molar-refractivity contribution is 5.81. The van der Waals surface area contributed by atoms with Crippen molar-refractivity contribution >= 4 is 11.9 Å². The molecule has 1 amide bonds. The number of nitrogens with zero attached hydrogens (tertiary/aromatic N) is 1. The minimum Gasteiger partial charge on any atom is -0.481 e. The minimum atomic E-state index is -4.60. The molecule has 0 bridgehead atoms. The van der Waals surface area contributed by atoms with Crippen molar-refractivity contribution in [3.8, 4) is 0 Å². The van der Waals surface area contributed by atoms with Crippen LogP contribution in [0.4, 0.5) is 13.2 Å². The van der Waals surface area contributed by atoms with Gasteiger partial charge in [-0.1, -0.05) is 11.6 Å². The lowest BCUT2D eigenvalue weighted by Crippen LogP contribution is -2.34. The normalized spacial score (nSPS) is 26.6. The number of aliphatic carboxylic acids is 1. The van der Waals surface area contributed by atoms with Crippen molar-refractivity contribution in [2.45, 2.75) is 38.3 Å². The van der Waals surface area contributed by atoms with Gasteiger partial charge in [0.05, 0.1) is 11.8 Å². The Kier molecular flexibility index (Phi) is 4.58. The largest absolute Gasteiger partial charge is 0.481 e. The lowest BCUT2D eigenvalue weighted by molar-refractivity contribution is -0.188. The molecule has 21 heavy (non-hydrogen) atoms. The summed E-state index contributed by atoms with van der Waals surface area (Å²) in [6, 6.07) is 0. The molecule has 118 valence electrons. The average molecular weight is 305 g/mol. The fraction of sp³-hybridized carbons (Fsp3) is 0.714. The molecule has 2 atom stereocenters. The summed E-state index contributed by atoms with van der Waals surface area (Å²) < 4.78 is 38.6. The molecule has 1 N–H and O–H groups in total. The number of likely N-dealkylation sites (tertiary alicyclic amines) is 1. The molecular formula is C14H18F3NO3. The van der Waals surface area contributed by atoms with E-state index in [0.29, 0.717) is 0 Å². The molecule has 1 fully saturated rings. The van der Waals surface area contributed by atoms with Gasteiger partial charge >= 0.3 is 12.1 Å². The predicted octanol–water partition coefficient (Wildman–Crippen LogP) is 2.60. The van der Waals surface area contributed by atoms with E-state index in [0.717, 1.165) is 36.2 Å². The number of carbonyl (C=O) groups is 2. The Bertz CT molecular complexity index is 459. The molecule has 0 unspecified atom stereocenters. The number of rotatable bonds is 3. The highest BCUT2D eigenvalue weighted by Gasteiger charge is 2.53. The van der Waals surface area contributed by atoms with Crippen LogP contribution in [0.15, 0.2) is 11.6 Å². The van der Waals surface area contributed by atoms with Crippen molar-refractivity contribution in [1.29, 1.82) is 0 Å². The molecule has 2 aliphatic rings. The van der Waals surface area contributed by atoms with Crippen molar-refractivity contribution in [3.05, 3.63) is 11.6 Å². The third kappa shape index (κ3) is 3.77. The Balaban J connectivity index is 2.02. The summed E-state index contributed by atoms with van der Waals surface area (Å²) in [7, 11) is 0. The molecule has 0 aromatic heterocycles. The first kappa shape index (κ1) is 15.9. The molecule has 0 aromatic carbocycles. The minimum absolute atomic E-state index is 0.108. The van der Waals surface area contributed by atoms with Gasteiger partial charge in [0.2, 0.25) is 5.91 Å². The number of hydrogen-bond acceptors (Lipinski definition) is 2. The van der Waals surface area contributed by atoms with Gasteiger partial charge in [0, 0.05) is 19.5 Å². The third-order valence-electron chi connectivity index (χ3n) is 4.17. The van der Waals surface area contributed by atoms with E-state index in [2.05, 4.69) is 0 Å². The molecule has 0 aromatic rings. The molecular weight excluding hydrogens is 287 g/mol. The zero-order chi connectivity index (χ0) is 15.6. The second-order valence-electron chi connectivity index (χ2n) is 5.68. The highest BCUT2D eigenvalue weighted by Crippen LogP contribution is 2.38. The molecule has 0 radical (unpaired) electrons. The van der Waals surface area contributed by atoms with Crippen molar-refractivity contribution in [2.75, 3.05) is 13.1 Å². The monoisotopic (exact) mass is 305 g/mol. The number of carbonyl (C=O) groups excluding carboxylic acids is 1. The average Bonchev–Trinajstić information content (AvgIpc) is 2.85. The lowest BCUT2D eigenvalue weighted by atomic mass is 9.96. The number of carboxylic acid groups (broad SMARTS) is 1. The second kappa shape index (κ2) is 6.07. The quantitative estimate of drug-likeness (QED) is 0.815. The first-order valence-corrected chi connectivity index (χ1v) is 7.04. The summed E-state index contributed by atoms with van der Waals surface area (Å²) in [5, 5.41) is 8.92. The zero-order valence-corrected chi connectivity index (χ0v) is 11.5. The highest BCUT2D eigenvalue weighted by atomic mass is 19.4. The SMILES string of the molecule is O=C(O)[C@@H]1CN(C(=O)CC2=CCCCC2)C[C@H]1C(F)(F)F. The van der Waals surface area contributed by atoms with Crippen LogP contribution in [-0.4, -0.2) is 41.1 Å². The van der Waals surface area contributed by atoms with Gasteiger partial charge in [0.1, 0.15) is 0 Å². The Morgan fingerprint density at radius 2 is 2.00 bits per heavy atom. The van der Waals surface area contributed by atoms with E-state index in [1.165, 1.54) is 0 Å². The van der Waals surface area contributed by atoms with E-state index in [4.69, 9.17) is 5.11 Å². The number of carboxylic acids is 1. The van der Waals surface area contributed by atoms with Gasteiger partial charge in [0.15, 0.2) is 0 Å². The molecule has 2 rings (SSSR count). The first-order chi connectivity index (χ1) is 9.79. The van der Waals surface area contributed by atoms with Gasteiger partial charge < -0.3 is 10.0 Å². The van der Waals surface area contributed by atoms with Gasteiger partial charge in [-0.2, -0.15) is 13.2 Å². The third-order valence-corrected chi connectivity index (χ3v) is 4.17. The number of alkyl halides is 3. The predicted molar refractivity (Wildman–Crippen MR) is 68.4 cm³/mol. The van der Waals surface area contributed by atoms with Crippen LogP contribution in [-0.2, 0) is 9.59 Å². The number of amides is 1. The summed E-state index contributed by atoms with van der Waals surface area (Å²) in [5.41, 5.74) is 0.952. The van der Waals surface area contributed by atoms with Crippen LogP contribution in [0.2, 0.25) is 0 Å². The fourth-order valence-electron chi connectivity index (χ4n) is 2.96. The van der Waals surface area contributed by atoms with Gasteiger partial charge in [-0.25, -0.2) is 0 Å². The van der Waals surface area contributed by atoms with Crippen LogP contribution in [0, 0.1) is 11.8 Å². The Hall–Kier alpha value is -1.53. The molecule has 1 aliphatic heterocycles. The Morgan fingerprint density at radius 3 is 2.48 bits per heavy atom. The Labute approximate surface area is 120 Å². The number of allylic oxidation sites excluding steroid dienone is 1.